The van der Waals surface area contributed by atoms with Crippen LogP contribution in [0, 0.1) is 0 Å². The first-order chi connectivity index (χ1) is 10.3. The van der Waals surface area contributed by atoms with Crippen molar-refractivity contribution in [2.24, 2.45) is 0 Å². The fourth-order valence-corrected chi connectivity index (χ4v) is 2.86. The molecule has 5 nitrogen and oxygen atoms in total. The van der Waals surface area contributed by atoms with Crippen LogP contribution in [-0.4, -0.2) is 40.3 Å². The average Bonchev–Trinajstić information content (AvgIpc) is 2.91. The fourth-order valence-electron chi connectivity index (χ4n) is 2.25. The lowest BCUT2D eigenvalue weighted by molar-refractivity contribution is 0.0577. The van der Waals surface area contributed by atoms with E-state index in [9.17, 15) is 0 Å². The first-order valence-electron chi connectivity index (χ1n) is 6.84. The van der Waals surface area contributed by atoms with Crippen LogP contribution in [0.25, 0.3) is 0 Å². The number of benzene rings is 1. The molecule has 0 unspecified atom stereocenters. The van der Waals surface area contributed by atoms with Crippen LogP contribution in [-0.2, 0) is 6.54 Å². The van der Waals surface area contributed by atoms with Crippen molar-refractivity contribution in [2.45, 2.75) is 19.6 Å². The molecule has 1 aliphatic rings. The Morgan fingerprint density at radius 1 is 1.38 bits per heavy atom. The molecule has 112 valence electrons. The van der Waals surface area contributed by atoms with E-state index in [0.29, 0.717) is 17.5 Å². The first kappa shape index (κ1) is 14.6. The zero-order valence-corrected chi connectivity index (χ0v) is 13.2. The number of nitrogens with zero attached hydrogens (tertiary/aromatic N) is 3. The lowest BCUT2D eigenvalue weighted by Gasteiger charge is -2.30. The third-order valence-corrected chi connectivity index (χ3v) is 4.34. The highest BCUT2D eigenvalue weighted by atomic mass is 35.5. The average molecular weight is 326 g/mol. The molecule has 0 radical (unpaired) electrons. The van der Waals surface area contributed by atoms with Crippen LogP contribution in [0.2, 0.25) is 4.34 Å². The molecule has 2 aromatic rings. The molecule has 1 aromatic carbocycles. The maximum atomic E-state index is 6.06. The number of fused-ring (bicyclic) bond motifs is 1. The van der Waals surface area contributed by atoms with Crippen molar-refractivity contribution >= 4 is 23.1 Å². The molecule has 1 aliphatic heterocycles. The molecule has 0 spiro atoms. The van der Waals surface area contributed by atoms with Crippen LogP contribution >= 0.6 is 23.1 Å². The number of para-hydroxylation sites is 2. The highest BCUT2D eigenvalue weighted by Gasteiger charge is 2.23. The smallest absolute Gasteiger partial charge is 0.161 e. The Labute approximate surface area is 132 Å². The molecular formula is C14H16ClN3O2S. The van der Waals surface area contributed by atoms with Gasteiger partial charge in [0.2, 0.25) is 0 Å². The van der Waals surface area contributed by atoms with Crippen molar-refractivity contribution in [1.29, 1.82) is 0 Å². The SMILES string of the molecule is CCN(Cc1nnsc1Cl)C[C@@H]1COc2ccccc2O1. The topological polar surface area (TPSA) is 47.5 Å². The van der Waals surface area contributed by atoms with E-state index in [1.54, 1.807) is 0 Å². The van der Waals surface area contributed by atoms with Gasteiger partial charge in [0.25, 0.3) is 0 Å². The molecular weight excluding hydrogens is 310 g/mol. The summed E-state index contributed by atoms with van der Waals surface area (Å²) in [5, 5.41) is 4.06. The number of hydrogen-bond acceptors (Lipinski definition) is 6. The van der Waals surface area contributed by atoms with E-state index in [1.807, 2.05) is 24.3 Å². The number of likely N-dealkylation sites (N-methyl/N-ethyl adjacent to an activating group) is 1. The minimum absolute atomic E-state index is 0.00483. The van der Waals surface area contributed by atoms with E-state index < -0.39 is 0 Å². The van der Waals surface area contributed by atoms with Gasteiger partial charge in [-0.3, -0.25) is 4.90 Å². The molecule has 0 N–H and O–H groups in total. The molecule has 7 heteroatoms. The Balaban J connectivity index is 1.62. The van der Waals surface area contributed by atoms with Crippen LogP contribution in [0.4, 0.5) is 0 Å². The van der Waals surface area contributed by atoms with Crippen molar-refractivity contribution in [3.8, 4) is 11.5 Å². The van der Waals surface area contributed by atoms with Gasteiger partial charge in [0.15, 0.2) is 11.5 Å². The molecule has 0 saturated heterocycles. The van der Waals surface area contributed by atoms with Gasteiger partial charge in [0.05, 0.1) is 0 Å². The Bertz CT molecular complexity index is 607. The van der Waals surface area contributed by atoms with Gasteiger partial charge in [-0.2, -0.15) is 0 Å². The van der Waals surface area contributed by atoms with Gasteiger partial charge in [-0.05, 0) is 18.7 Å². The molecule has 3 rings (SSSR count). The maximum Gasteiger partial charge on any atom is 0.161 e. The van der Waals surface area contributed by atoms with E-state index in [4.69, 9.17) is 21.1 Å². The van der Waals surface area contributed by atoms with Gasteiger partial charge in [-0.25, -0.2) is 0 Å². The van der Waals surface area contributed by atoms with Crippen LogP contribution in [0.15, 0.2) is 24.3 Å². The van der Waals surface area contributed by atoms with Gasteiger partial charge in [0, 0.05) is 24.6 Å². The summed E-state index contributed by atoms with van der Waals surface area (Å²) in [5.74, 6) is 1.61. The van der Waals surface area contributed by atoms with Crippen molar-refractivity contribution in [1.82, 2.24) is 14.5 Å². The van der Waals surface area contributed by atoms with E-state index in [2.05, 4.69) is 21.4 Å². The molecule has 21 heavy (non-hydrogen) atoms. The second-order valence-electron chi connectivity index (χ2n) is 4.82. The third-order valence-electron chi connectivity index (χ3n) is 3.36. The largest absolute Gasteiger partial charge is 0.486 e. The zero-order chi connectivity index (χ0) is 14.7. The standard InChI is InChI=1S/C14H16ClN3O2S/c1-2-18(8-11-14(15)21-17-16-11)7-10-9-19-12-5-3-4-6-13(12)20-10/h3-6,10H,2,7-9H2,1H3/t10-/m1/s1. The van der Waals surface area contributed by atoms with Crippen LogP contribution in [0.5, 0.6) is 11.5 Å². The molecule has 0 aliphatic carbocycles. The van der Waals surface area contributed by atoms with Crippen LogP contribution in [0.1, 0.15) is 12.6 Å². The number of aromatic nitrogens is 2. The number of rotatable bonds is 5. The quantitative estimate of drug-likeness (QED) is 0.846. The van der Waals surface area contributed by atoms with Gasteiger partial charge in [-0.15, -0.1) is 5.10 Å². The van der Waals surface area contributed by atoms with Crippen molar-refractivity contribution in [3.05, 3.63) is 34.3 Å². The first-order valence-corrected chi connectivity index (χ1v) is 7.99. The lowest BCUT2D eigenvalue weighted by Crippen LogP contribution is -2.40. The number of halogens is 1. The van der Waals surface area contributed by atoms with Gasteiger partial charge in [-0.1, -0.05) is 35.1 Å². The van der Waals surface area contributed by atoms with Crippen molar-refractivity contribution < 1.29 is 9.47 Å². The minimum Gasteiger partial charge on any atom is -0.486 e. The van der Waals surface area contributed by atoms with Crippen molar-refractivity contribution in [3.63, 3.8) is 0 Å². The monoisotopic (exact) mass is 325 g/mol. The van der Waals surface area contributed by atoms with Crippen LogP contribution in [0.3, 0.4) is 0 Å². The minimum atomic E-state index is 0.00483. The molecule has 2 heterocycles. The summed E-state index contributed by atoms with van der Waals surface area (Å²) in [6, 6.07) is 7.74. The summed E-state index contributed by atoms with van der Waals surface area (Å²) in [6.07, 6.45) is 0.00483. The predicted molar refractivity (Wildman–Crippen MR) is 82.2 cm³/mol. The summed E-state index contributed by atoms with van der Waals surface area (Å²) in [5.41, 5.74) is 0.820. The van der Waals surface area contributed by atoms with Crippen LogP contribution < -0.4 is 9.47 Å². The molecule has 0 amide bonds. The van der Waals surface area contributed by atoms with E-state index in [-0.39, 0.29) is 6.10 Å². The summed E-state index contributed by atoms with van der Waals surface area (Å²) >= 11 is 7.28. The molecule has 0 fully saturated rings. The Morgan fingerprint density at radius 2 is 2.19 bits per heavy atom. The Morgan fingerprint density at radius 3 is 2.90 bits per heavy atom. The molecule has 1 atom stereocenters. The van der Waals surface area contributed by atoms with Gasteiger partial charge >= 0.3 is 0 Å². The number of ether oxygens (including phenoxy) is 2. The highest BCUT2D eigenvalue weighted by molar-refractivity contribution is 7.10. The molecule has 0 bridgehead atoms. The van der Waals surface area contributed by atoms with E-state index >= 15 is 0 Å². The summed E-state index contributed by atoms with van der Waals surface area (Å²) in [4.78, 5) is 2.23. The van der Waals surface area contributed by atoms with E-state index in [1.165, 1.54) is 11.5 Å². The maximum absolute atomic E-state index is 6.06. The summed E-state index contributed by atoms with van der Waals surface area (Å²) in [6.45, 7) is 4.98. The normalized spacial score (nSPS) is 17.2. The molecule has 0 saturated carbocycles. The molecule has 1 aromatic heterocycles. The second-order valence-corrected chi connectivity index (χ2v) is 6.17. The van der Waals surface area contributed by atoms with Crippen molar-refractivity contribution in [2.75, 3.05) is 19.7 Å². The third kappa shape index (κ3) is 3.45. The second kappa shape index (κ2) is 6.60. The Hall–Kier alpha value is -1.37. The fraction of sp³-hybridized carbons (Fsp3) is 0.429. The highest BCUT2D eigenvalue weighted by Crippen LogP contribution is 2.31. The lowest BCUT2D eigenvalue weighted by atomic mass is 10.2. The summed E-state index contributed by atoms with van der Waals surface area (Å²) in [7, 11) is 0. The van der Waals surface area contributed by atoms with E-state index in [0.717, 1.165) is 30.3 Å². The zero-order valence-electron chi connectivity index (χ0n) is 11.7. The Kier molecular flexibility index (Phi) is 4.57. The van der Waals surface area contributed by atoms with Gasteiger partial charge < -0.3 is 9.47 Å². The van der Waals surface area contributed by atoms with Gasteiger partial charge in [0.1, 0.15) is 22.7 Å². The predicted octanol–water partition coefficient (Wildman–Crippen LogP) is 2.85. The number of hydrogen-bond donors (Lipinski definition) is 0. The summed E-state index contributed by atoms with van der Waals surface area (Å²) < 4.78 is 16.2.